The smallest absolute Gasteiger partial charge is 0.310 e. The molecule has 7 nitrogen and oxygen atoms in total. The summed E-state index contributed by atoms with van der Waals surface area (Å²) in [5.41, 5.74) is 2.64. The van der Waals surface area contributed by atoms with Gasteiger partial charge in [-0.25, -0.2) is 0 Å². The summed E-state index contributed by atoms with van der Waals surface area (Å²) in [6, 6.07) is 4.54. The maximum absolute atomic E-state index is 14.1. The Hall–Kier alpha value is -2.06. The van der Waals surface area contributed by atoms with Gasteiger partial charge >= 0.3 is 5.97 Å². The van der Waals surface area contributed by atoms with E-state index >= 15 is 0 Å². The number of aliphatic hydroxyl groups is 1. The summed E-state index contributed by atoms with van der Waals surface area (Å²) < 4.78 is 4.65. The lowest BCUT2D eigenvalue weighted by Gasteiger charge is -2.40. The number of rotatable bonds is 7. The molecule has 1 spiro atoms. The van der Waals surface area contributed by atoms with Crippen LogP contribution in [-0.4, -0.2) is 63.1 Å². The van der Waals surface area contributed by atoms with Crippen LogP contribution in [0.3, 0.4) is 0 Å². The van der Waals surface area contributed by atoms with E-state index in [-0.39, 0.29) is 48.1 Å². The summed E-state index contributed by atoms with van der Waals surface area (Å²) >= 11 is 1.62. The Bertz CT molecular complexity index is 977. The first kappa shape index (κ1) is 25.0. The largest absolute Gasteiger partial charge is 0.466 e. The number of carbonyl (C=O) groups is 3. The molecule has 4 rings (SSSR count). The van der Waals surface area contributed by atoms with Crippen molar-refractivity contribution in [2.75, 3.05) is 18.5 Å². The number of nitrogens with one attached hydrogen (secondary N) is 1. The van der Waals surface area contributed by atoms with Crippen LogP contribution < -0.4 is 5.32 Å². The molecule has 0 saturated carbocycles. The minimum absolute atomic E-state index is 0.0488. The molecule has 3 heterocycles. The summed E-state index contributed by atoms with van der Waals surface area (Å²) in [7, 11) is 0. The zero-order valence-corrected chi connectivity index (χ0v) is 21.6. The van der Waals surface area contributed by atoms with Gasteiger partial charge in [-0.05, 0) is 50.2 Å². The van der Waals surface area contributed by atoms with Crippen molar-refractivity contribution in [2.24, 2.45) is 23.7 Å². The third-order valence-corrected chi connectivity index (χ3v) is 10.1. The van der Waals surface area contributed by atoms with E-state index in [2.05, 4.69) is 12.2 Å². The molecule has 3 fully saturated rings. The number of fused-ring (bicyclic) bond motifs is 1. The van der Waals surface area contributed by atoms with Crippen molar-refractivity contribution in [1.29, 1.82) is 0 Å². The number of ether oxygens (including phenoxy) is 1. The Kier molecular flexibility index (Phi) is 6.77. The third-order valence-electron chi connectivity index (χ3n) is 8.03. The van der Waals surface area contributed by atoms with Crippen LogP contribution in [0.4, 0.5) is 5.69 Å². The number of hydrogen-bond acceptors (Lipinski definition) is 6. The quantitative estimate of drug-likeness (QED) is 0.573. The van der Waals surface area contributed by atoms with Crippen molar-refractivity contribution < 1.29 is 24.2 Å². The van der Waals surface area contributed by atoms with Gasteiger partial charge in [-0.2, -0.15) is 0 Å². The van der Waals surface area contributed by atoms with Crippen molar-refractivity contribution in [1.82, 2.24) is 4.90 Å². The number of aryl methyl sites for hydroxylation is 2. The Labute approximate surface area is 206 Å². The van der Waals surface area contributed by atoms with Gasteiger partial charge in [0.1, 0.15) is 6.04 Å². The van der Waals surface area contributed by atoms with Crippen LogP contribution in [0.5, 0.6) is 0 Å². The van der Waals surface area contributed by atoms with Gasteiger partial charge in [-0.15, -0.1) is 11.8 Å². The summed E-state index contributed by atoms with van der Waals surface area (Å²) in [6.45, 7) is 11.6. The van der Waals surface area contributed by atoms with Gasteiger partial charge in [0.05, 0.1) is 35.8 Å². The zero-order chi connectivity index (χ0) is 24.9. The highest BCUT2D eigenvalue weighted by Gasteiger charge is 2.77. The fourth-order valence-electron chi connectivity index (χ4n) is 6.45. The molecule has 186 valence electrons. The van der Waals surface area contributed by atoms with Gasteiger partial charge in [-0.3, -0.25) is 14.4 Å². The van der Waals surface area contributed by atoms with Crippen LogP contribution in [0.1, 0.15) is 45.2 Å². The second kappa shape index (κ2) is 9.19. The number of para-hydroxylation sites is 1. The fraction of sp³-hybridized carbons (Fsp3) is 0.654. The molecule has 0 aliphatic carbocycles. The number of amides is 2. The second-order valence-corrected chi connectivity index (χ2v) is 11.8. The Morgan fingerprint density at radius 3 is 2.50 bits per heavy atom. The molecule has 2 bridgehead atoms. The Morgan fingerprint density at radius 1 is 1.29 bits per heavy atom. The van der Waals surface area contributed by atoms with E-state index < -0.39 is 28.7 Å². The lowest BCUT2D eigenvalue weighted by Crippen LogP contribution is -2.57. The molecule has 3 aliphatic rings. The molecule has 3 aliphatic heterocycles. The van der Waals surface area contributed by atoms with E-state index in [9.17, 15) is 19.5 Å². The molecule has 2 amide bonds. The SMILES string of the molecule is CCOC(=O)[C@@H]1[C@H]2C(=O)N([C@@H](CO)C(C)C)C(C(=O)Nc3c(C)cccc3C)C23S[C@@H]1CC3C. The van der Waals surface area contributed by atoms with Crippen LogP contribution in [0.15, 0.2) is 18.2 Å². The maximum Gasteiger partial charge on any atom is 0.310 e. The molecule has 0 aromatic heterocycles. The Balaban J connectivity index is 1.82. The van der Waals surface area contributed by atoms with Crippen molar-refractivity contribution in [2.45, 2.75) is 70.0 Å². The number of hydrogen-bond donors (Lipinski definition) is 2. The van der Waals surface area contributed by atoms with Gasteiger partial charge in [0.15, 0.2) is 0 Å². The van der Waals surface area contributed by atoms with Crippen molar-refractivity contribution in [3.8, 4) is 0 Å². The number of nitrogens with zero attached hydrogens (tertiary/aromatic N) is 1. The van der Waals surface area contributed by atoms with Gasteiger partial charge in [0.25, 0.3) is 0 Å². The van der Waals surface area contributed by atoms with Crippen molar-refractivity contribution in [3.05, 3.63) is 29.3 Å². The molecule has 34 heavy (non-hydrogen) atoms. The van der Waals surface area contributed by atoms with Gasteiger partial charge in [-0.1, -0.05) is 39.0 Å². The lowest BCUT2D eigenvalue weighted by atomic mass is 9.66. The molecule has 8 heteroatoms. The minimum Gasteiger partial charge on any atom is -0.466 e. The number of likely N-dealkylation sites (tertiary alicyclic amines) is 1. The molecule has 0 radical (unpaired) electrons. The van der Waals surface area contributed by atoms with Gasteiger partial charge in [0, 0.05) is 10.9 Å². The van der Waals surface area contributed by atoms with Gasteiger partial charge in [0.2, 0.25) is 11.8 Å². The number of benzene rings is 1. The van der Waals surface area contributed by atoms with Crippen LogP contribution >= 0.6 is 11.8 Å². The van der Waals surface area contributed by atoms with Crippen LogP contribution in [-0.2, 0) is 19.1 Å². The lowest BCUT2D eigenvalue weighted by molar-refractivity contribution is -0.154. The normalized spacial score (nSPS) is 32.8. The number of aliphatic hydroxyl groups excluding tert-OH is 1. The first-order valence-electron chi connectivity index (χ1n) is 12.2. The summed E-state index contributed by atoms with van der Waals surface area (Å²) in [4.78, 5) is 42.7. The number of esters is 1. The van der Waals surface area contributed by atoms with Crippen LogP contribution in [0, 0.1) is 37.5 Å². The average molecular weight is 489 g/mol. The molecule has 3 unspecified atom stereocenters. The number of anilines is 1. The van der Waals surface area contributed by atoms with Crippen molar-refractivity contribution >= 4 is 35.2 Å². The van der Waals surface area contributed by atoms with E-state index in [0.717, 1.165) is 23.2 Å². The van der Waals surface area contributed by atoms with E-state index in [1.54, 1.807) is 23.6 Å². The summed E-state index contributed by atoms with van der Waals surface area (Å²) in [5, 5.41) is 13.4. The predicted octanol–water partition coefficient (Wildman–Crippen LogP) is 3.16. The molecular weight excluding hydrogens is 452 g/mol. The number of carbonyl (C=O) groups excluding carboxylic acids is 3. The highest BCUT2D eigenvalue weighted by atomic mass is 32.2. The Morgan fingerprint density at radius 2 is 1.94 bits per heavy atom. The predicted molar refractivity (Wildman–Crippen MR) is 132 cm³/mol. The summed E-state index contributed by atoms with van der Waals surface area (Å²) in [6.07, 6.45) is 0.754. The first-order valence-corrected chi connectivity index (χ1v) is 13.1. The van der Waals surface area contributed by atoms with E-state index in [0.29, 0.717) is 0 Å². The van der Waals surface area contributed by atoms with E-state index in [4.69, 9.17) is 4.74 Å². The highest BCUT2D eigenvalue weighted by Crippen LogP contribution is 2.69. The van der Waals surface area contributed by atoms with Gasteiger partial charge < -0.3 is 20.1 Å². The van der Waals surface area contributed by atoms with E-state index in [1.165, 1.54) is 0 Å². The molecule has 1 aromatic rings. The molecule has 3 saturated heterocycles. The average Bonchev–Trinajstić information content (AvgIpc) is 3.35. The molecule has 1 aromatic carbocycles. The molecule has 7 atom stereocenters. The van der Waals surface area contributed by atoms with E-state index in [1.807, 2.05) is 45.9 Å². The summed E-state index contributed by atoms with van der Waals surface area (Å²) in [5.74, 6) is -2.02. The fourth-order valence-corrected chi connectivity index (χ4v) is 8.84. The second-order valence-electron chi connectivity index (χ2n) is 10.3. The molecular formula is C26H36N2O5S. The monoisotopic (exact) mass is 488 g/mol. The van der Waals surface area contributed by atoms with Crippen molar-refractivity contribution in [3.63, 3.8) is 0 Å². The first-order chi connectivity index (χ1) is 16.1. The van der Waals surface area contributed by atoms with Crippen LogP contribution in [0.2, 0.25) is 0 Å². The maximum atomic E-state index is 14.1. The van der Waals surface area contributed by atoms with Crippen LogP contribution in [0.25, 0.3) is 0 Å². The number of thioether (sulfide) groups is 1. The minimum atomic E-state index is -0.784. The topological polar surface area (TPSA) is 95.9 Å². The molecule has 2 N–H and O–H groups in total. The third kappa shape index (κ3) is 3.56. The zero-order valence-electron chi connectivity index (χ0n) is 20.8. The highest BCUT2D eigenvalue weighted by molar-refractivity contribution is 8.02. The standard InChI is InChI=1S/C26H36N2O5S/c1-7-33-25(32)19-18-11-16(6)26(34-18)20(19)24(31)28(17(12-29)13(2)3)22(26)23(30)27-21-14(4)9-8-10-15(21)5/h8-10,13,16-20,22,29H,7,11-12H2,1-6H3,(H,27,30)/t16?,17-,18+,19-,20-,22?,26?/m0/s1.